The summed E-state index contributed by atoms with van der Waals surface area (Å²) in [4.78, 5) is 22.9. The SMILES string of the molecule is CN(CC(=O)N1CCN(c2ccccn2)CC1)Cc1ccco1. The van der Waals surface area contributed by atoms with E-state index in [1.54, 1.807) is 12.5 Å². The van der Waals surface area contributed by atoms with Crippen LogP contribution in [0.1, 0.15) is 5.76 Å². The van der Waals surface area contributed by atoms with Gasteiger partial charge in [-0.05, 0) is 31.3 Å². The number of carbonyl (C=O) groups excluding carboxylic acids is 1. The lowest BCUT2D eigenvalue weighted by atomic mass is 10.3. The predicted octanol–water partition coefficient (Wildman–Crippen LogP) is 1.46. The van der Waals surface area contributed by atoms with E-state index in [1.165, 1.54) is 0 Å². The third-order valence-electron chi connectivity index (χ3n) is 4.02. The number of nitrogens with zero attached hydrogens (tertiary/aromatic N) is 4. The molecule has 0 N–H and O–H groups in total. The van der Waals surface area contributed by atoms with Crippen LogP contribution in [0.4, 0.5) is 5.82 Å². The van der Waals surface area contributed by atoms with Gasteiger partial charge in [0.15, 0.2) is 0 Å². The third-order valence-corrected chi connectivity index (χ3v) is 4.02. The molecule has 0 spiro atoms. The zero-order valence-electron chi connectivity index (χ0n) is 13.4. The first-order valence-corrected chi connectivity index (χ1v) is 7.87. The molecule has 0 radical (unpaired) electrons. The Balaban J connectivity index is 1.46. The molecule has 0 bridgehead atoms. The van der Waals surface area contributed by atoms with Gasteiger partial charge >= 0.3 is 0 Å². The molecule has 122 valence electrons. The molecule has 23 heavy (non-hydrogen) atoms. The summed E-state index contributed by atoms with van der Waals surface area (Å²) in [6.07, 6.45) is 3.46. The van der Waals surface area contributed by atoms with Crippen LogP contribution in [0, 0.1) is 0 Å². The van der Waals surface area contributed by atoms with E-state index in [2.05, 4.69) is 9.88 Å². The second-order valence-electron chi connectivity index (χ2n) is 5.81. The molecule has 1 aliphatic rings. The first kappa shape index (κ1) is 15.6. The fourth-order valence-electron chi connectivity index (χ4n) is 2.78. The Morgan fingerprint density at radius 3 is 2.70 bits per heavy atom. The third kappa shape index (κ3) is 4.10. The molecule has 2 aromatic heterocycles. The first-order chi connectivity index (χ1) is 11.2. The monoisotopic (exact) mass is 314 g/mol. The number of aromatic nitrogens is 1. The van der Waals surface area contributed by atoms with E-state index in [0.29, 0.717) is 13.1 Å². The van der Waals surface area contributed by atoms with Crippen LogP contribution in [0.5, 0.6) is 0 Å². The quantitative estimate of drug-likeness (QED) is 0.836. The van der Waals surface area contributed by atoms with Gasteiger partial charge in [-0.15, -0.1) is 0 Å². The molecule has 1 amide bonds. The van der Waals surface area contributed by atoms with Gasteiger partial charge in [0, 0.05) is 32.4 Å². The van der Waals surface area contributed by atoms with Crippen molar-refractivity contribution in [3.05, 3.63) is 48.6 Å². The highest BCUT2D eigenvalue weighted by Gasteiger charge is 2.22. The number of carbonyl (C=O) groups is 1. The number of likely N-dealkylation sites (N-methyl/N-ethyl adjacent to an activating group) is 1. The molecule has 2 aromatic rings. The number of piperazine rings is 1. The Morgan fingerprint density at radius 2 is 2.04 bits per heavy atom. The van der Waals surface area contributed by atoms with E-state index in [1.807, 2.05) is 47.2 Å². The zero-order valence-corrected chi connectivity index (χ0v) is 13.4. The summed E-state index contributed by atoms with van der Waals surface area (Å²) in [5, 5.41) is 0. The van der Waals surface area contributed by atoms with Gasteiger partial charge in [0.2, 0.25) is 5.91 Å². The van der Waals surface area contributed by atoms with Crippen molar-refractivity contribution in [1.82, 2.24) is 14.8 Å². The van der Waals surface area contributed by atoms with Crippen molar-refractivity contribution in [2.75, 3.05) is 44.7 Å². The number of amides is 1. The molecule has 3 rings (SSSR count). The molecule has 1 aliphatic heterocycles. The van der Waals surface area contributed by atoms with Gasteiger partial charge in [-0.25, -0.2) is 4.98 Å². The second kappa shape index (κ2) is 7.28. The molecule has 1 saturated heterocycles. The first-order valence-electron chi connectivity index (χ1n) is 7.87. The number of hydrogen-bond acceptors (Lipinski definition) is 5. The highest BCUT2D eigenvalue weighted by Crippen LogP contribution is 2.13. The van der Waals surface area contributed by atoms with Crippen molar-refractivity contribution >= 4 is 11.7 Å². The molecule has 0 atom stereocenters. The zero-order chi connectivity index (χ0) is 16.1. The van der Waals surface area contributed by atoms with Crippen LogP contribution in [0.15, 0.2) is 47.2 Å². The molecule has 3 heterocycles. The summed E-state index contributed by atoms with van der Waals surface area (Å²) in [6.45, 7) is 4.18. The molecule has 0 saturated carbocycles. The van der Waals surface area contributed by atoms with E-state index in [0.717, 1.165) is 37.8 Å². The molecular formula is C17H22N4O2. The van der Waals surface area contributed by atoms with Crippen molar-refractivity contribution in [2.24, 2.45) is 0 Å². The average molecular weight is 314 g/mol. The summed E-state index contributed by atoms with van der Waals surface area (Å²) in [6, 6.07) is 9.70. The maximum atomic E-state index is 12.4. The van der Waals surface area contributed by atoms with Gasteiger partial charge in [0.25, 0.3) is 0 Å². The van der Waals surface area contributed by atoms with Crippen LogP contribution in [0.2, 0.25) is 0 Å². The minimum Gasteiger partial charge on any atom is -0.468 e. The largest absolute Gasteiger partial charge is 0.468 e. The smallest absolute Gasteiger partial charge is 0.236 e. The summed E-state index contributed by atoms with van der Waals surface area (Å²) >= 11 is 0. The minimum absolute atomic E-state index is 0.166. The van der Waals surface area contributed by atoms with Gasteiger partial charge in [-0.2, -0.15) is 0 Å². The fourth-order valence-corrected chi connectivity index (χ4v) is 2.78. The van der Waals surface area contributed by atoms with Crippen LogP contribution in [-0.4, -0.2) is 60.5 Å². The number of furan rings is 1. The maximum absolute atomic E-state index is 12.4. The Labute approximate surface area is 136 Å². The van der Waals surface area contributed by atoms with E-state index in [9.17, 15) is 4.79 Å². The maximum Gasteiger partial charge on any atom is 0.236 e. The summed E-state index contributed by atoms with van der Waals surface area (Å²) in [5.74, 6) is 2.02. The van der Waals surface area contributed by atoms with Crippen LogP contribution >= 0.6 is 0 Å². The lowest BCUT2D eigenvalue weighted by molar-refractivity contribution is -0.132. The topological polar surface area (TPSA) is 52.8 Å². The van der Waals surface area contributed by atoms with E-state index in [4.69, 9.17) is 4.42 Å². The Morgan fingerprint density at radius 1 is 1.22 bits per heavy atom. The van der Waals surface area contributed by atoms with Crippen molar-refractivity contribution in [1.29, 1.82) is 0 Å². The predicted molar refractivity (Wildman–Crippen MR) is 88.1 cm³/mol. The van der Waals surface area contributed by atoms with Gasteiger partial charge in [0.1, 0.15) is 11.6 Å². The normalized spacial score (nSPS) is 15.2. The Kier molecular flexibility index (Phi) is 4.92. The number of rotatable bonds is 5. The van der Waals surface area contributed by atoms with Crippen LogP contribution in [0.25, 0.3) is 0 Å². The molecule has 0 unspecified atom stereocenters. The van der Waals surface area contributed by atoms with E-state index in [-0.39, 0.29) is 5.91 Å². The van der Waals surface area contributed by atoms with Gasteiger partial charge in [-0.1, -0.05) is 6.07 Å². The molecule has 0 aromatic carbocycles. The number of pyridine rings is 1. The van der Waals surface area contributed by atoms with Crippen LogP contribution in [-0.2, 0) is 11.3 Å². The van der Waals surface area contributed by atoms with Gasteiger partial charge < -0.3 is 14.2 Å². The van der Waals surface area contributed by atoms with E-state index >= 15 is 0 Å². The highest BCUT2D eigenvalue weighted by molar-refractivity contribution is 5.78. The average Bonchev–Trinajstić information content (AvgIpc) is 3.08. The van der Waals surface area contributed by atoms with Crippen molar-refractivity contribution in [2.45, 2.75) is 6.54 Å². The van der Waals surface area contributed by atoms with E-state index < -0.39 is 0 Å². The lowest BCUT2D eigenvalue weighted by Gasteiger charge is -2.36. The number of hydrogen-bond donors (Lipinski definition) is 0. The second-order valence-corrected chi connectivity index (χ2v) is 5.81. The standard InChI is InChI=1S/C17H22N4O2/c1-19(13-15-5-4-12-23-15)14-17(22)21-10-8-20(9-11-21)16-6-2-3-7-18-16/h2-7,12H,8-11,13-14H2,1H3. The number of anilines is 1. The van der Waals surface area contributed by atoms with Crippen molar-refractivity contribution in [3.63, 3.8) is 0 Å². The molecule has 0 aliphatic carbocycles. The fraction of sp³-hybridized carbons (Fsp3) is 0.412. The Hall–Kier alpha value is -2.34. The van der Waals surface area contributed by atoms with Crippen LogP contribution < -0.4 is 4.90 Å². The van der Waals surface area contributed by atoms with Gasteiger partial charge in [0.05, 0.1) is 19.4 Å². The van der Waals surface area contributed by atoms with Crippen molar-refractivity contribution in [3.8, 4) is 0 Å². The van der Waals surface area contributed by atoms with Crippen molar-refractivity contribution < 1.29 is 9.21 Å². The highest BCUT2D eigenvalue weighted by atomic mass is 16.3. The molecule has 6 heteroatoms. The summed E-state index contributed by atoms with van der Waals surface area (Å²) < 4.78 is 5.31. The lowest BCUT2D eigenvalue weighted by Crippen LogP contribution is -2.51. The molecular weight excluding hydrogens is 292 g/mol. The molecule has 1 fully saturated rings. The summed E-state index contributed by atoms with van der Waals surface area (Å²) in [7, 11) is 1.94. The Bertz CT molecular complexity index is 607. The summed E-state index contributed by atoms with van der Waals surface area (Å²) in [5.41, 5.74) is 0. The molecule has 6 nitrogen and oxygen atoms in total. The van der Waals surface area contributed by atoms with Crippen LogP contribution in [0.3, 0.4) is 0 Å². The van der Waals surface area contributed by atoms with Gasteiger partial charge in [-0.3, -0.25) is 9.69 Å². The minimum atomic E-state index is 0.166.